The largest absolute Gasteiger partial charge is 0.507 e. The van der Waals surface area contributed by atoms with Crippen molar-refractivity contribution in [1.29, 1.82) is 0 Å². The number of anilines is 2. The monoisotopic (exact) mass is 447 g/mol. The maximum Gasteiger partial charge on any atom is 0.143 e. The predicted molar refractivity (Wildman–Crippen MR) is 134 cm³/mol. The Morgan fingerprint density at radius 2 is 1.47 bits per heavy atom. The number of rotatable bonds is 3. The normalized spacial score (nSPS) is 12.3. The van der Waals surface area contributed by atoms with Gasteiger partial charge in [-0.15, -0.1) is 0 Å². The summed E-state index contributed by atoms with van der Waals surface area (Å²) in [6.07, 6.45) is 1.87. The summed E-state index contributed by atoms with van der Waals surface area (Å²) in [5, 5.41) is 15.3. The summed E-state index contributed by atoms with van der Waals surface area (Å²) in [4.78, 5) is 4.96. The molecule has 0 aliphatic rings. The summed E-state index contributed by atoms with van der Waals surface area (Å²) in [6, 6.07) is 17.9. The van der Waals surface area contributed by atoms with E-state index in [1.54, 1.807) is 0 Å². The van der Waals surface area contributed by atoms with E-state index >= 15 is 0 Å². The van der Waals surface area contributed by atoms with Gasteiger partial charge in [-0.3, -0.25) is 4.40 Å². The molecule has 5 heteroatoms. The van der Waals surface area contributed by atoms with Crippen LogP contribution in [0.4, 0.5) is 11.5 Å². The molecule has 0 fully saturated rings. The van der Waals surface area contributed by atoms with Crippen LogP contribution in [-0.4, -0.2) is 14.5 Å². The van der Waals surface area contributed by atoms with Crippen LogP contribution in [0.25, 0.3) is 16.9 Å². The molecule has 0 amide bonds. The number of hydrogen-bond donors (Lipinski definition) is 2. The third kappa shape index (κ3) is 4.20. The number of nitrogens with zero attached hydrogens (tertiary/aromatic N) is 2. The highest BCUT2D eigenvalue weighted by Crippen LogP contribution is 2.43. The van der Waals surface area contributed by atoms with Crippen LogP contribution in [0, 0.1) is 0 Å². The SMILES string of the molecule is CC(C)(C)c1cc(-c2nc3ccc(Cl)cn3c2Nc2ccccc2)cc(C(C)(C)C)c1O. The number of nitrogens with one attached hydrogen (secondary N) is 1. The highest BCUT2D eigenvalue weighted by atomic mass is 35.5. The maximum atomic E-state index is 11.2. The number of pyridine rings is 1. The Labute approximate surface area is 194 Å². The zero-order chi connectivity index (χ0) is 23.3. The molecule has 0 aliphatic heterocycles. The van der Waals surface area contributed by atoms with Gasteiger partial charge in [0.2, 0.25) is 0 Å². The van der Waals surface area contributed by atoms with Gasteiger partial charge in [0, 0.05) is 28.6 Å². The summed E-state index contributed by atoms with van der Waals surface area (Å²) in [5.41, 5.74) is 4.88. The molecule has 2 N–H and O–H groups in total. The maximum absolute atomic E-state index is 11.2. The van der Waals surface area contributed by atoms with Gasteiger partial charge in [-0.25, -0.2) is 4.98 Å². The van der Waals surface area contributed by atoms with E-state index in [0.717, 1.165) is 39.5 Å². The Morgan fingerprint density at radius 1 is 0.875 bits per heavy atom. The van der Waals surface area contributed by atoms with Crippen molar-refractivity contribution in [3.8, 4) is 17.0 Å². The lowest BCUT2D eigenvalue weighted by Crippen LogP contribution is -2.17. The van der Waals surface area contributed by atoms with Crippen molar-refractivity contribution in [3.05, 3.63) is 76.9 Å². The van der Waals surface area contributed by atoms with Gasteiger partial charge in [-0.05, 0) is 47.2 Å². The van der Waals surface area contributed by atoms with Crippen LogP contribution in [0.2, 0.25) is 5.02 Å². The minimum absolute atomic E-state index is 0.227. The van der Waals surface area contributed by atoms with E-state index in [9.17, 15) is 5.11 Å². The average molecular weight is 448 g/mol. The Balaban J connectivity index is 2.02. The van der Waals surface area contributed by atoms with E-state index < -0.39 is 0 Å². The van der Waals surface area contributed by atoms with Crippen molar-refractivity contribution in [3.63, 3.8) is 0 Å². The van der Waals surface area contributed by atoms with Crippen molar-refractivity contribution in [2.45, 2.75) is 52.4 Å². The summed E-state index contributed by atoms with van der Waals surface area (Å²) in [6.45, 7) is 12.7. The number of phenolic OH excluding ortho intramolecular Hbond substituents is 1. The number of hydrogen-bond acceptors (Lipinski definition) is 3. The molecule has 0 saturated heterocycles. The highest BCUT2D eigenvalue weighted by molar-refractivity contribution is 6.30. The van der Waals surface area contributed by atoms with E-state index in [2.05, 4.69) is 59.0 Å². The number of fused-ring (bicyclic) bond motifs is 1. The number of phenols is 1. The van der Waals surface area contributed by atoms with Gasteiger partial charge in [-0.1, -0.05) is 71.3 Å². The third-order valence-corrected chi connectivity index (χ3v) is 5.84. The van der Waals surface area contributed by atoms with Gasteiger partial charge in [0.1, 0.15) is 22.9 Å². The van der Waals surface area contributed by atoms with Crippen LogP contribution in [0.3, 0.4) is 0 Å². The first-order valence-electron chi connectivity index (χ1n) is 10.8. The van der Waals surface area contributed by atoms with Crippen molar-refractivity contribution >= 4 is 28.8 Å². The second-order valence-electron chi connectivity index (χ2n) is 10.3. The minimum Gasteiger partial charge on any atom is -0.507 e. The fourth-order valence-corrected chi connectivity index (χ4v) is 4.07. The molecule has 0 radical (unpaired) electrons. The van der Waals surface area contributed by atoms with Crippen molar-refractivity contribution in [2.24, 2.45) is 0 Å². The fourth-order valence-electron chi connectivity index (χ4n) is 3.91. The summed E-state index contributed by atoms with van der Waals surface area (Å²) < 4.78 is 1.98. The molecule has 0 saturated carbocycles. The quantitative estimate of drug-likeness (QED) is 0.338. The fraction of sp³-hybridized carbons (Fsp3) is 0.296. The topological polar surface area (TPSA) is 49.6 Å². The highest BCUT2D eigenvalue weighted by Gasteiger charge is 2.28. The van der Waals surface area contributed by atoms with Crippen LogP contribution < -0.4 is 5.32 Å². The molecule has 166 valence electrons. The Hall–Kier alpha value is -2.98. The van der Waals surface area contributed by atoms with Gasteiger partial charge in [-0.2, -0.15) is 0 Å². The van der Waals surface area contributed by atoms with E-state index in [4.69, 9.17) is 16.6 Å². The number of benzene rings is 2. The minimum atomic E-state index is -0.227. The van der Waals surface area contributed by atoms with Gasteiger partial charge in [0.25, 0.3) is 0 Å². The van der Waals surface area contributed by atoms with Crippen LogP contribution in [0.5, 0.6) is 5.75 Å². The number of halogens is 1. The number of aromatic nitrogens is 2. The van der Waals surface area contributed by atoms with E-state index in [0.29, 0.717) is 10.8 Å². The van der Waals surface area contributed by atoms with Gasteiger partial charge in [0.15, 0.2) is 0 Å². The molecule has 4 nitrogen and oxygen atoms in total. The van der Waals surface area contributed by atoms with Crippen molar-refractivity contribution in [1.82, 2.24) is 9.38 Å². The molecule has 2 heterocycles. The van der Waals surface area contributed by atoms with Crippen molar-refractivity contribution < 1.29 is 5.11 Å². The summed E-state index contributed by atoms with van der Waals surface area (Å²) in [5.74, 6) is 1.19. The summed E-state index contributed by atoms with van der Waals surface area (Å²) >= 11 is 6.33. The van der Waals surface area contributed by atoms with Gasteiger partial charge >= 0.3 is 0 Å². The van der Waals surface area contributed by atoms with Crippen LogP contribution in [-0.2, 0) is 10.8 Å². The molecule has 4 rings (SSSR count). The van der Waals surface area contributed by atoms with E-state index in [1.165, 1.54) is 0 Å². The van der Waals surface area contributed by atoms with Gasteiger partial charge < -0.3 is 10.4 Å². The van der Waals surface area contributed by atoms with E-state index in [1.807, 2.05) is 53.1 Å². The lowest BCUT2D eigenvalue weighted by Gasteiger charge is -2.28. The molecule has 2 aromatic heterocycles. The van der Waals surface area contributed by atoms with Crippen LogP contribution in [0.1, 0.15) is 52.7 Å². The molecule has 0 unspecified atom stereocenters. The zero-order valence-corrected chi connectivity index (χ0v) is 20.2. The molecule has 0 aliphatic carbocycles. The first kappa shape index (κ1) is 22.2. The number of imidazole rings is 1. The Kier molecular flexibility index (Phi) is 5.46. The Morgan fingerprint density at radius 3 is 2.03 bits per heavy atom. The second-order valence-corrected chi connectivity index (χ2v) is 10.7. The smallest absolute Gasteiger partial charge is 0.143 e. The number of aromatic hydroxyl groups is 1. The third-order valence-electron chi connectivity index (χ3n) is 5.62. The lowest BCUT2D eigenvalue weighted by atomic mass is 9.78. The van der Waals surface area contributed by atoms with Crippen LogP contribution >= 0.6 is 11.6 Å². The number of para-hydroxylation sites is 1. The first-order valence-corrected chi connectivity index (χ1v) is 11.2. The molecule has 2 aromatic carbocycles. The standard InChI is InChI=1S/C27H30ClN3O/c1-26(2,3)20-14-17(15-21(24(20)32)27(4,5)6)23-25(29-19-10-8-7-9-11-19)31-16-18(28)12-13-22(31)30-23/h7-16,29,32H,1-6H3. The first-order chi connectivity index (χ1) is 14.9. The van der Waals surface area contributed by atoms with Gasteiger partial charge in [0.05, 0.1) is 5.02 Å². The lowest BCUT2D eigenvalue weighted by molar-refractivity contribution is 0.423. The second kappa shape index (κ2) is 7.86. The molecule has 0 bridgehead atoms. The van der Waals surface area contributed by atoms with Crippen LogP contribution in [0.15, 0.2) is 60.8 Å². The predicted octanol–water partition coefficient (Wildman–Crippen LogP) is 7.70. The Bertz CT molecular complexity index is 1240. The molecule has 0 atom stereocenters. The molecule has 0 spiro atoms. The molecule has 4 aromatic rings. The molecular weight excluding hydrogens is 418 g/mol. The van der Waals surface area contributed by atoms with Crippen molar-refractivity contribution in [2.75, 3.05) is 5.32 Å². The molecule has 32 heavy (non-hydrogen) atoms. The average Bonchev–Trinajstić information content (AvgIpc) is 3.05. The molecular formula is C27H30ClN3O. The zero-order valence-electron chi connectivity index (χ0n) is 19.5. The summed E-state index contributed by atoms with van der Waals surface area (Å²) in [7, 11) is 0. The van der Waals surface area contributed by atoms with E-state index in [-0.39, 0.29) is 10.8 Å².